The number of aromatic carboxylic acids is 1. The first-order chi connectivity index (χ1) is 16.1. The highest BCUT2D eigenvalue weighted by atomic mass is 35.5. The summed E-state index contributed by atoms with van der Waals surface area (Å²) >= 11 is 0. The van der Waals surface area contributed by atoms with Crippen LogP contribution >= 0.6 is 24.8 Å². The van der Waals surface area contributed by atoms with E-state index in [0.29, 0.717) is 17.8 Å². The highest BCUT2D eigenvalue weighted by Gasteiger charge is 2.14. The molecule has 0 radical (unpaired) electrons. The molecule has 0 saturated heterocycles. The Bertz CT molecular complexity index is 1200. The molecule has 0 amide bonds. The summed E-state index contributed by atoms with van der Waals surface area (Å²) < 4.78 is 0. The molecule has 35 heavy (non-hydrogen) atoms. The van der Waals surface area contributed by atoms with Crippen LogP contribution in [0.4, 0.5) is 0 Å². The number of hydrogen-bond acceptors (Lipinski definition) is 4. The molecule has 1 heterocycles. The molecular weight excluding hydrogens is 483 g/mol. The quantitative estimate of drug-likeness (QED) is 0.247. The highest BCUT2D eigenvalue weighted by Crippen LogP contribution is 2.29. The lowest BCUT2D eigenvalue weighted by Gasteiger charge is -2.12. The molecule has 0 bridgehead atoms. The lowest BCUT2D eigenvalue weighted by molar-refractivity contribution is 0.0697. The molecule has 0 spiro atoms. The molecule has 5 nitrogen and oxygen atoms in total. The maximum absolute atomic E-state index is 11.7. The van der Waals surface area contributed by atoms with Gasteiger partial charge in [-0.15, -0.1) is 24.8 Å². The average molecular weight is 511 g/mol. The van der Waals surface area contributed by atoms with E-state index in [4.69, 9.17) is 0 Å². The number of carboxylic acid groups (broad SMARTS) is 1. The number of aliphatic hydroxyl groups excluding tert-OH is 1. The summed E-state index contributed by atoms with van der Waals surface area (Å²) in [5, 5.41) is 23.1. The van der Waals surface area contributed by atoms with Crippen LogP contribution in [0.1, 0.15) is 27.6 Å². The number of nitrogens with zero attached hydrogens (tertiary/aromatic N) is 1. The Hall–Kier alpha value is -3.22. The number of hydrogen-bond donors (Lipinski definition) is 3. The summed E-state index contributed by atoms with van der Waals surface area (Å²) in [6.07, 6.45) is 1.99. The van der Waals surface area contributed by atoms with Crippen molar-refractivity contribution in [3.63, 3.8) is 0 Å². The first-order valence-corrected chi connectivity index (χ1v) is 10.9. The fraction of sp³-hybridized carbons (Fsp3) is 0.143. The molecule has 0 aliphatic rings. The summed E-state index contributed by atoms with van der Waals surface area (Å²) in [5.74, 6) is -0.970. The van der Waals surface area contributed by atoms with Crippen LogP contribution in [0.5, 0.6) is 0 Å². The van der Waals surface area contributed by atoms with E-state index in [-0.39, 0.29) is 30.4 Å². The number of rotatable bonds is 9. The third-order valence-electron chi connectivity index (χ3n) is 5.59. The fourth-order valence-electron chi connectivity index (χ4n) is 3.77. The van der Waals surface area contributed by atoms with E-state index in [0.717, 1.165) is 29.7 Å². The standard InChI is InChI=1S/C28H26N2O3.2ClH/c31-27(22-6-2-1-3-7-22)19-29-17-15-20-9-11-21(12-10-20)23-13-14-24(28(32)33)25(18-23)26-8-4-5-16-30-26;;/h1-14,16,18,27,29,31H,15,17,19H2,(H,32,33);2*1H/t27-;;/m0../s1. The maximum Gasteiger partial charge on any atom is 0.336 e. The van der Waals surface area contributed by atoms with Crippen molar-refractivity contribution in [1.82, 2.24) is 10.3 Å². The van der Waals surface area contributed by atoms with Crippen LogP contribution in [0, 0.1) is 0 Å². The molecule has 0 fully saturated rings. The van der Waals surface area contributed by atoms with Gasteiger partial charge in [-0.1, -0.05) is 66.7 Å². The lowest BCUT2D eigenvalue weighted by atomic mass is 9.96. The van der Waals surface area contributed by atoms with E-state index in [1.165, 1.54) is 5.56 Å². The Morgan fingerprint density at radius 1 is 0.857 bits per heavy atom. The van der Waals surface area contributed by atoms with Crippen molar-refractivity contribution in [3.05, 3.63) is 114 Å². The second-order valence-corrected chi connectivity index (χ2v) is 7.86. The number of carboxylic acids is 1. The lowest BCUT2D eigenvalue weighted by Crippen LogP contribution is -2.23. The van der Waals surface area contributed by atoms with Crippen molar-refractivity contribution < 1.29 is 15.0 Å². The molecule has 0 aliphatic heterocycles. The molecule has 0 aliphatic carbocycles. The monoisotopic (exact) mass is 510 g/mol. The maximum atomic E-state index is 11.7. The third kappa shape index (κ3) is 7.38. The minimum absolute atomic E-state index is 0. The zero-order chi connectivity index (χ0) is 23.0. The summed E-state index contributed by atoms with van der Waals surface area (Å²) in [7, 11) is 0. The second kappa shape index (κ2) is 13.6. The van der Waals surface area contributed by atoms with Gasteiger partial charge in [-0.05, 0) is 59.5 Å². The van der Waals surface area contributed by atoms with Crippen LogP contribution in [0.2, 0.25) is 0 Å². The summed E-state index contributed by atoms with van der Waals surface area (Å²) in [4.78, 5) is 16.0. The van der Waals surface area contributed by atoms with Crippen molar-refractivity contribution in [1.29, 1.82) is 0 Å². The number of pyridine rings is 1. The van der Waals surface area contributed by atoms with Gasteiger partial charge in [0.05, 0.1) is 17.4 Å². The highest BCUT2D eigenvalue weighted by molar-refractivity contribution is 5.96. The summed E-state index contributed by atoms with van der Waals surface area (Å²) in [5.41, 5.74) is 5.53. The number of halogens is 2. The Morgan fingerprint density at radius 2 is 1.54 bits per heavy atom. The van der Waals surface area contributed by atoms with E-state index < -0.39 is 12.1 Å². The zero-order valence-electron chi connectivity index (χ0n) is 19.0. The van der Waals surface area contributed by atoms with Gasteiger partial charge >= 0.3 is 5.97 Å². The van der Waals surface area contributed by atoms with Gasteiger partial charge in [0, 0.05) is 18.3 Å². The van der Waals surface area contributed by atoms with E-state index in [9.17, 15) is 15.0 Å². The predicted molar refractivity (Wildman–Crippen MR) is 145 cm³/mol. The van der Waals surface area contributed by atoms with Gasteiger partial charge in [-0.25, -0.2) is 4.79 Å². The molecule has 3 aromatic carbocycles. The molecule has 1 atom stereocenters. The van der Waals surface area contributed by atoms with Gasteiger partial charge in [0.15, 0.2) is 0 Å². The second-order valence-electron chi connectivity index (χ2n) is 7.86. The van der Waals surface area contributed by atoms with Crippen molar-refractivity contribution in [2.75, 3.05) is 13.1 Å². The molecule has 182 valence electrons. The Kier molecular flexibility index (Phi) is 10.9. The Morgan fingerprint density at radius 3 is 2.20 bits per heavy atom. The van der Waals surface area contributed by atoms with Gasteiger partial charge in [-0.2, -0.15) is 0 Å². The van der Waals surface area contributed by atoms with Crippen molar-refractivity contribution >= 4 is 30.8 Å². The van der Waals surface area contributed by atoms with E-state index in [1.807, 2.05) is 72.8 Å². The predicted octanol–water partition coefficient (Wildman–Crippen LogP) is 5.82. The SMILES string of the molecule is Cl.Cl.O=C(O)c1ccc(-c2ccc(CCNC[C@H](O)c3ccccc3)cc2)cc1-c1ccccn1. The van der Waals surface area contributed by atoms with Crippen LogP contribution < -0.4 is 5.32 Å². The third-order valence-corrected chi connectivity index (χ3v) is 5.59. The average Bonchev–Trinajstić information content (AvgIpc) is 2.87. The minimum atomic E-state index is -0.970. The topological polar surface area (TPSA) is 82.5 Å². The number of aliphatic hydroxyl groups is 1. The van der Waals surface area contributed by atoms with Gasteiger partial charge < -0.3 is 15.5 Å². The van der Waals surface area contributed by atoms with Crippen LogP contribution in [0.15, 0.2) is 97.2 Å². The van der Waals surface area contributed by atoms with Crippen molar-refractivity contribution in [2.24, 2.45) is 0 Å². The van der Waals surface area contributed by atoms with Crippen LogP contribution in [-0.4, -0.2) is 34.3 Å². The van der Waals surface area contributed by atoms with Crippen molar-refractivity contribution in [2.45, 2.75) is 12.5 Å². The van der Waals surface area contributed by atoms with Crippen molar-refractivity contribution in [3.8, 4) is 22.4 Å². The minimum Gasteiger partial charge on any atom is -0.478 e. The molecule has 3 N–H and O–H groups in total. The Balaban J connectivity index is 0.00000216. The molecule has 0 saturated carbocycles. The number of benzene rings is 3. The van der Waals surface area contributed by atoms with Gasteiger partial charge in [0.2, 0.25) is 0 Å². The molecular formula is C28H28Cl2N2O3. The smallest absolute Gasteiger partial charge is 0.336 e. The van der Waals surface area contributed by atoms with Crippen LogP contribution in [-0.2, 0) is 6.42 Å². The first kappa shape index (κ1) is 28.0. The van der Waals surface area contributed by atoms with E-state index in [2.05, 4.69) is 22.4 Å². The van der Waals surface area contributed by atoms with E-state index in [1.54, 1.807) is 12.3 Å². The first-order valence-electron chi connectivity index (χ1n) is 10.9. The molecule has 4 rings (SSSR count). The zero-order valence-corrected chi connectivity index (χ0v) is 20.6. The van der Waals surface area contributed by atoms with Gasteiger partial charge in [0.25, 0.3) is 0 Å². The molecule has 7 heteroatoms. The largest absolute Gasteiger partial charge is 0.478 e. The van der Waals surface area contributed by atoms with Crippen LogP contribution in [0.25, 0.3) is 22.4 Å². The summed E-state index contributed by atoms with van der Waals surface area (Å²) in [6.45, 7) is 1.27. The molecule has 1 aromatic heterocycles. The summed E-state index contributed by atoms with van der Waals surface area (Å²) in [6, 6.07) is 28.7. The molecule has 4 aromatic rings. The van der Waals surface area contributed by atoms with Crippen LogP contribution in [0.3, 0.4) is 0 Å². The number of aromatic nitrogens is 1. The number of carbonyl (C=O) groups is 1. The van der Waals surface area contributed by atoms with Gasteiger partial charge in [-0.3, -0.25) is 4.98 Å². The normalized spacial score (nSPS) is 11.1. The van der Waals surface area contributed by atoms with E-state index >= 15 is 0 Å². The Labute approximate surface area is 217 Å². The molecule has 0 unspecified atom stereocenters. The number of nitrogens with one attached hydrogen (secondary N) is 1. The van der Waals surface area contributed by atoms with Gasteiger partial charge in [0.1, 0.15) is 0 Å². The fourth-order valence-corrected chi connectivity index (χ4v) is 3.77.